The molecule has 2 unspecified atom stereocenters. The van der Waals surface area contributed by atoms with Crippen LogP contribution in [0.15, 0.2) is 158 Å². The summed E-state index contributed by atoms with van der Waals surface area (Å²) in [6.07, 6.45) is 117. The molecule has 0 saturated carbocycles. The van der Waals surface area contributed by atoms with E-state index in [-0.39, 0.29) is 38.6 Å². The van der Waals surface area contributed by atoms with Crippen LogP contribution in [0.4, 0.5) is 0 Å². The highest BCUT2D eigenvalue weighted by atomic mass is 16.7. The molecule has 0 rings (SSSR count). The minimum Gasteiger partial charge on any atom is -0.545 e. The average molecular weight is 1400 g/mol. The largest absolute Gasteiger partial charge is 0.545 e. The molecular weight excluding hydrogens is 1250 g/mol. The number of carbonyl (C=O) groups is 3. The number of likely N-dealkylation sites (N-methyl/N-ethyl adjacent to an activating group) is 1. The zero-order valence-corrected chi connectivity index (χ0v) is 66.0. The van der Waals surface area contributed by atoms with Gasteiger partial charge < -0.3 is 33.3 Å². The molecule has 576 valence electrons. The van der Waals surface area contributed by atoms with Crippen LogP contribution in [0, 0.1) is 0 Å². The SMILES string of the molecule is CC/C=C\C/C=C\C/C=C\C/C=C\C/C=C\C/C=C\C/C=C\C/C=C\C/C=C\C/C=C\C/C=C\CCCCCCCC(=O)OC(COC(=O)CCCCCCCCCCCCCCCCCCCCCCCCCCC/C=C\C/C=C\CCCCCCC)COC(OCC[N+](C)(C)C)C(=O)[O-]. The van der Waals surface area contributed by atoms with Crippen LogP contribution in [-0.2, 0) is 33.3 Å². The summed E-state index contributed by atoms with van der Waals surface area (Å²) in [5.41, 5.74) is 0. The lowest BCUT2D eigenvalue weighted by Gasteiger charge is -2.26. The van der Waals surface area contributed by atoms with Gasteiger partial charge in [-0.05, 0) is 128 Å². The Balaban J connectivity index is 4.09. The Bertz CT molecular complexity index is 2230. The van der Waals surface area contributed by atoms with Gasteiger partial charge in [0.05, 0.1) is 40.3 Å². The first kappa shape index (κ1) is 95.9. The van der Waals surface area contributed by atoms with Gasteiger partial charge in [0.25, 0.3) is 0 Å². The van der Waals surface area contributed by atoms with Gasteiger partial charge in [-0.3, -0.25) is 9.59 Å². The maximum atomic E-state index is 13.0. The number of ether oxygens (including phenoxy) is 4. The molecule has 0 heterocycles. The van der Waals surface area contributed by atoms with Gasteiger partial charge in [-0.1, -0.05) is 364 Å². The van der Waals surface area contributed by atoms with Crippen LogP contribution in [0.25, 0.3) is 0 Å². The number of aliphatic carboxylic acids is 1. The minimum absolute atomic E-state index is 0.137. The van der Waals surface area contributed by atoms with E-state index in [0.29, 0.717) is 17.4 Å². The van der Waals surface area contributed by atoms with Crippen molar-refractivity contribution in [2.24, 2.45) is 0 Å². The minimum atomic E-state index is -1.64. The molecule has 0 saturated heterocycles. The summed E-state index contributed by atoms with van der Waals surface area (Å²) in [5.74, 6) is -2.31. The standard InChI is InChI=1S/C92H155NO8/c1-6-8-10-12-14-16-18-20-22-24-26-28-30-32-34-36-38-40-42-44-45-47-49-51-53-55-57-59-61-63-65-67-69-71-73-75-77-79-81-83-90(95)101-88(87-100-92(91(96)97)98-85-84-93(3,4)5)86-99-89(94)82-80-78-76-74-72-70-68-66-64-62-60-58-56-54-52-50-48-46-43-41-39-37-35-33-31-29-27-25-23-21-19-17-15-13-11-9-7-2/h8,10,14,16,19-22,25-28,32,34,38,40,44-45,49,51,55,57,61,63,67,69,88,92H,6-7,9,11-13,15,17-18,23-24,29-31,33,35-37,39,41-43,46-48,50,52-54,56,58-60,62,64-66,68,70-87H2,1-5H3/b10-8-,16-14-,21-19-,22-20-,27-25-,28-26-,34-32-,40-38-,45-44-,51-49-,57-55-,63-61-,69-67-. The maximum Gasteiger partial charge on any atom is 0.306 e. The predicted molar refractivity (Wildman–Crippen MR) is 435 cm³/mol. The maximum absolute atomic E-state index is 13.0. The van der Waals surface area contributed by atoms with Crippen LogP contribution in [-0.4, -0.2) is 82.3 Å². The van der Waals surface area contributed by atoms with E-state index in [1.54, 1.807) is 0 Å². The third-order valence-corrected chi connectivity index (χ3v) is 17.8. The van der Waals surface area contributed by atoms with E-state index in [1.165, 1.54) is 186 Å². The number of carbonyl (C=O) groups excluding carboxylic acids is 3. The van der Waals surface area contributed by atoms with E-state index >= 15 is 0 Å². The van der Waals surface area contributed by atoms with Crippen molar-refractivity contribution in [3.05, 3.63) is 158 Å². The molecular formula is C92H155NO8. The average Bonchev–Trinajstić information content (AvgIpc) is 1.21. The zero-order chi connectivity index (χ0) is 73.2. The summed E-state index contributed by atoms with van der Waals surface area (Å²) >= 11 is 0. The number of carboxylic acids is 1. The summed E-state index contributed by atoms with van der Waals surface area (Å²) in [6, 6.07) is 0. The number of rotatable bonds is 76. The highest BCUT2D eigenvalue weighted by molar-refractivity contribution is 5.70. The second-order valence-corrected chi connectivity index (χ2v) is 28.7. The Kier molecular flexibility index (Phi) is 76.5. The molecule has 2 atom stereocenters. The summed E-state index contributed by atoms with van der Waals surface area (Å²) < 4.78 is 22.8. The van der Waals surface area contributed by atoms with Crippen LogP contribution in [0.3, 0.4) is 0 Å². The molecule has 0 spiro atoms. The van der Waals surface area contributed by atoms with Crippen molar-refractivity contribution >= 4 is 17.9 Å². The Morgan fingerprint density at radius 2 is 0.564 bits per heavy atom. The van der Waals surface area contributed by atoms with Gasteiger partial charge in [-0.25, -0.2) is 0 Å². The number of hydrogen-bond donors (Lipinski definition) is 0. The van der Waals surface area contributed by atoms with Crippen LogP contribution in [0.5, 0.6) is 0 Å². The Labute approximate surface area is 623 Å². The van der Waals surface area contributed by atoms with E-state index in [9.17, 15) is 19.5 Å². The quantitative estimate of drug-likeness (QED) is 0.0195. The lowest BCUT2D eigenvalue weighted by Crippen LogP contribution is -2.44. The number of carboxylic acid groups (broad SMARTS) is 1. The van der Waals surface area contributed by atoms with Crippen LogP contribution in [0.1, 0.15) is 348 Å². The molecule has 0 amide bonds. The Hall–Kier alpha value is -5.09. The topological polar surface area (TPSA) is 111 Å². The molecule has 0 N–H and O–H groups in total. The molecule has 0 bridgehead atoms. The fourth-order valence-corrected chi connectivity index (χ4v) is 11.5. The molecule has 0 aliphatic carbocycles. The van der Waals surface area contributed by atoms with Crippen molar-refractivity contribution in [2.75, 3.05) is 47.5 Å². The molecule has 0 fully saturated rings. The van der Waals surface area contributed by atoms with Gasteiger partial charge in [0.1, 0.15) is 13.2 Å². The van der Waals surface area contributed by atoms with Gasteiger partial charge in [0.15, 0.2) is 12.4 Å². The summed E-state index contributed by atoms with van der Waals surface area (Å²) in [4.78, 5) is 37.6. The number of quaternary nitrogens is 1. The highest BCUT2D eigenvalue weighted by Crippen LogP contribution is 2.18. The fraction of sp³-hybridized carbons (Fsp3) is 0.685. The first-order valence-electron chi connectivity index (χ1n) is 41.6. The predicted octanol–water partition coefficient (Wildman–Crippen LogP) is 25.8. The van der Waals surface area contributed by atoms with Crippen molar-refractivity contribution in [2.45, 2.75) is 360 Å². The number of esters is 2. The second kappa shape index (κ2) is 80.6. The lowest BCUT2D eigenvalue weighted by molar-refractivity contribution is -0.870. The molecule has 0 aromatic heterocycles. The van der Waals surface area contributed by atoms with Gasteiger partial charge in [-0.2, -0.15) is 0 Å². The lowest BCUT2D eigenvalue weighted by atomic mass is 10.0. The number of nitrogens with zero attached hydrogens (tertiary/aromatic N) is 1. The summed E-state index contributed by atoms with van der Waals surface area (Å²) in [5, 5.41) is 11.9. The van der Waals surface area contributed by atoms with Crippen LogP contribution >= 0.6 is 0 Å². The third-order valence-electron chi connectivity index (χ3n) is 17.8. The Morgan fingerprint density at radius 1 is 0.307 bits per heavy atom. The number of allylic oxidation sites excluding steroid dienone is 26. The normalized spacial score (nSPS) is 13.5. The smallest absolute Gasteiger partial charge is 0.306 e. The van der Waals surface area contributed by atoms with Crippen molar-refractivity contribution in [3.63, 3.8) is 0 Å². The molecule has 0 aromatic rings. The van der Waals surface area contributed by atoms with Crippen molar-refractivity contribution in [1.29, 1.82) is 0 Å². The number of hydrogen-bond acceptors (Lipinski definition) is 8. The second-order valence-electron chi connectivity index (χ2n) is 28.7. The van der Waals surface area contributed by atoms with E-state index in [0.717, 1.165) is 128 Å². The monoisotopic (exact) mass is 1400 g/mol. The van der Waals surface area contributed by atoms with Gasteiger partial charge in [-0.15, -0.1) is 0 Å². The van der Waals surface area contributed by atoms with E-state index in [2.05, 4.69) is 172 Å². The summed E-state index contributed by atoms with van der Waals surface area (Å²) in [7, 11) is 5.93. The zero-order valence-electron chi connectivity index (χ0n) is 66.0. The molecule has 0 aliphatic heterocycles. The van der Waals surface area contributed by atoms with Crippen LogP contribution < -0.4 is 5.11 Å². The van der Waals surface area contributed by atoms with Gasteiger partial charge in [0, 0.05) is 12.8 Å². The molecule has 0 aliphatic rings. The molecule has 9 nitrogen and oxygen atoms in total. The third kappa shape index (κ3) is 82.1. The summed E-state index contributed by atoms with van der Waals surface area (Å²) in [6.45, 7) is 4.62. The van der Waals surface area contributed by atoms with E-state index in [4.69, 9.17) is 18.9 Å². The van der Waals surface area contributed by atoms with Crippen molar-refractivity contribution < 1.29 is 42.9 Å². The van der Waals surface area contributed by atoms with Crippen molar-refractivity contribution in [3.8, 4) is 0 Å². The first-order chi connectivity index (χ1) is 49.6. The Morgan fingerprint density at radius 3 is 0.842 bits per heavy atom. The highest BCUT2D eigenvalue weighted by Gasteiger charge is 2.22. The number of unbranched alkanes of at least 4 members (excludes halogenated alkanes) is 35. The first-order valence-corrected chi connectivity index (χ1v) is 41.6. The van der Waals surface area contributed by atoms with E-state index in [1.807, 2.05) is 21.1 Å². The molecule has 101 heavy (non-hydrogen) atoms. The molecule has 0 radical (unpaired) electrons. The molecule has 0 aromatic carbocycles. The molecule has 9 heteroatoms. The fourth-order valence-electron chi connectivity index (χ4n) is 11.5. The van der Waals surface area contributed by atoms with Crippen LogP contribution in [0.2, 0.25) is 0 Å². The van der Waals surface area contributed by atoms with Gasteiger partial charge >= 0.3 is 11.9 Å². The van der Waals surface area contributed by atoms with Crippen molar-refractivity contribution in [1.82, 2.24) is 0 Å². The van der Waals surface area contributed by atoms with E-state index < -0.39 is 24.3 Å². The van der Waals surface area contributed by atoms with Gasteiger partial charge in [0.2, 0.25) is 0 Å².